The van der Waals surface area contributed by atoms with Gasteiger partial charge < -0.3 is 18.9 Å². The summed E-state index contributed by atoms with van der Waals surface area (Å²) in [5.41, 5.74) is -2.43. The van der Waals surface area contributed by atoms with Crippen LogP contribution in [0.4, 0.5) is 0 Å². The first kappa shape index (κ1) is 24.9. The van der Waals surface area contributed by atoms with Crippen LogP contribution < -0.4 is 0 Å². The first-order chi connectivity index (χ1) is 16.8. The zero-order valence-electron chi connectivity index (χ0n) is 21.7. The molecule has 0 aromatic heterocycles. The number of rotatable bonds is 3. The van der Waals surface area contributed by atoms with Gasteiger partial charge in [-0.2, -0.15) is 0 Å². The van der Waals surface area contributed by atoms with Gasteiger partial charge in [-0.15, -0.1) is 0 Å². The van der Waals surface area contributed by atoms with Crippen LogP contribution in [0.1, 0.15) is 67.2 Å². The second-order valence-corrected chi connectivity index (χ2v) is 11.6. The van der Waals surface area contributed by atoms with E-state index < -0.39 is 40.6 Å². The summed E-state index contributed by atoms with van der Waals surface area (Å²) in [4.78, 5) is 49.4. The van der Waals surface area contributed by atoms with Crippen molar-refractivity contribution in [3.8, 4) is 0 Å². The Balaban J connectivity index is 1.54. The Morgan fingerprint density at radius 2 is 1.75 bits per heavy atom. The third-order valence-corrected chi connectivity index (χ3v) is 9.64. The summed E-state index contributed by atoms with van der Waals surface area (Å²) in [5.74, 6) is -0.908. The number of carbonyl (C=O) groups is 4. The largest absolute Gasteiger partial charge is 0.447 e. The number of ether oxygens (including phenoxy) is 4. The number of esters is 3. The molecule has 0 N–H and O–H groups in total. The van der Waals surface area contributed by atoms with E-state index in [0.29, 0.717) is 18.6 Å². The van der Waals surface area contributed by atoms with E-state index in [1.165, 1.54) is 20.8 Å². The van der Waals surface area contributed by atoms with Crippen LogP contribution >= 0.6 is 0 Å². The second-order valence-electron chi connectivity index (χ2n) is 11.6. The van der Waals surface area contributed by atoms with E-state index in [0.717, 1.165) is 18.4 Å². The minimum Gasteiger partial charge on any atom is -0.447 e. The van der Waals surface area contributed by atoms with E-state index >= 15 is 0 Å². The minimum absolute atomic E-state index is 0.0460. The summed E-state index contributed by atoms with van der Waals surface area (Å²) in [7, 11) is 0. The lowest BCUT2D eigenvalue weighted by Gasteiger charge is -2.57. The Morgan fingerprint density at radius 1 is 1.03 bits per heavy atom. The van der Waals surface area contributed by atoms with Crippen molar-refractivity contribution in [2.75, 3.05) is 0 Å². The highest BCUT2D eigenvalue weighted by Gasteiger charge is 2.82. The summed E-state index contributed by atoms with van der Waals surface area (Å²) in [6.07, 6.45) is 9.55. The summed E-state index contributed by atoms with van der Waals surface area (Å²) in [6, 6.07) is 0. The van der Waals surface area contributed by atoms with Gasteiger partial charge in [0.05, 0.1) is 0 Å². The number of hydrogen-bond donors (Lipinski definition) is 0. The van der Waals surface area contributed by atoms with Gasteiger partial charge in [0, 0.05) is 31.6 Å². The fraction of sp³-hybridized carbons (Fsp3) is 0.643. The molecule has 5 rings (SSSR count). The molecule has 1 unspecified atom stereocenters. The Kier molecular flexibility index (Phi) is 5.46. The second kappa shape index (κ2) is 7.88. The van der Waals surface area contributed by atoms with Crippen LogP contribution in [0, 0.1) is 28.6 Å². The Morgan fingerprint density at radius 3 is 2.39 bits per heavy atom. The number of ketones is 1. The molecule has 5 aliphatic rings. The first-order valence-corrected chi connectivity index (χ1v) is 12.7. The molecular formula is C28H34O8. The van der Waals surface area contributed by atoms with Gasteiger partial charge in [-0.3, -0.25) is 19.2 Å². The van der Waals surface area contributed by atoms with Gasteiger partial charge in [0.1, 0.15) is 11.4 Å². The maximum atomic E-state index is 13.9. The molecule has 0 amide bonds. The fourth-order valence-corrected chi connectivity index (χ4v) is 8.33. The molecule has 4 aliphatic carbocycles. The van der Waals surface area contributed by atoms with Crippen molar-refractivity contribution in [3.63, 3.8) is 0 Å². The maximum absolute atomic E-state index is 13.9. The monoisotopic (exact) mass is 498 g/mol. The highest BCUT2D eigenvalue weighted by Crippen LogP contribution is 2.72. The van der Waals surface area contributed by atoms with E-state index in [2.05, 4.69) is 19.1 Å². The summed E-state index contributed by atoms with van der Waals surface area (Å²) >= 11 is 0. The molecule has 0 aromatic carbocycles. The smallest absolute Gasteiger partial charge is 0.308 e. The van der Waals surface area contributed by atoms with Crippen LogP contribution in [-0.2, 0) is 38.1 Å². The minimum atomic E-state index is -1.53. The molecule has 0 spiro atoms. The zero-order chi connectivity index (χ0) is 26.3. The highest BCUT2D eigenvalue weighted by atomic mass is 16.7. The molecule has 1 heterocycles. The summed E-state index contributed by atoms with van der Waals surface area (Å²) in [6.45, 7) is 10.00. The van der Waals surface area contributed by atoms with Gasteiger partial charge >= 0.3 is 17.9 Å². The summed E-state index contributed by atoms with van der Waals surface area (Å²) < 4.78 is 22.7. The van der Waals surface area contributed by atoms with E-state index in [4.69, 9.17) is 18.9 Å². The third kappa shape index (κ3) is 3.15. The molecule has 2 saturated carbocycles. The maximum Gasteiger partial charge on any atom is 0.308 e. The molecule has 1 saturated heterocycles. The predicted octanol–water partition coefficient (Wildman–Crippen LogP) is 3.94. The van der Waals surface area contributed by atoms with Crippen LogP contribution in [0.3, 0.4) is 0 Å². The third-order valence-electron chi connectivity index (χ3n) is 9.64. The normalized spacial score (nSPS) is 44.3. The van der Waals surface area contributed by atoms with Gasteiger partial charge in [0.25, 0.3) is 6.29 Å². The fourth-order valence-electron chi connectivity index (χ4n) is 8.33. The number of hydrogen-bond acceptors (Lipinski definition) is 8. The molecule has 8 heteroatoms. The van der Waals surface area contributed by atoms with Crippen molar-refractivity contribution in [1.29, 1.82) is 0 Å². The topological polar surface area (TPSA) is 105 Å². The lowest BCUT2D eigenvalue weighted by atomic mass is 9.48. The van der Waals surface area contributed by atoms with E-state index in [1.54, 1.807) is 0 Å². The number of allylic oxidation sites excluding steroid dienone is 5. The van der Waals surface area contributed by atoms with Crippen LogP contribution in [0.2, 0.25) is 0 Å². The first-order valence-electron chi connectivity index (χ1n) is 12.7. The van der Waals surface area contributed by atoms with Gasteiger partial charge in [-0.1, -0.05) is 26.0 Å². The standard InChI is InChI=1S/C28H34O8/c1-15(29)33-19-9-11-25(4)18(13-19)7-8-20-21(25)10-12-26(5)22(20)14-27(6)28(26,35-17(3)31)23(32)24(36-27)34-16(2)30/h7,9,11,13,20-22,24H,8,10,12,14H2,1-6H3/t20-,21+,22+,24?,25+,26+,27+,28+/m1/s1. The Hall–Kier alpha value is -2.74. The quantitative estimate of drug-likeness (QED) is 0.426. The predicted molar refractivity (Wildman–Crippen MR) is 127 cm³/mol. The van der Waals surface area contributed by atoms with Crippen LogP contribution in [0.15, 0.2) is 35.6 Å². The lowest BCUT2D eigenvalue weighted by Crippen LogP contribution is -2.63. The van der Waals surface area contributed by atoms with E-state index in [9.17, 15) is 19.2 Å². The summed E-state index contributed by atoms with van der Waals surface area (Å²) in [5, 5.41) is 0. The van der Waals surface area contributed by atoms with Crippen molar-refractivity contribution >= 4 is 23.7 Å². The average Bonchev–Trinajstić information content (AvgIpc) is 3.08. The van der Waals surface area contributed by atoms with Crippen LogP contribution in [0.25, 0.3) is 0 Å². The van der Waals surface area contributed by atoms with Gasteiger partial charge in [-0.05, 0) is 68.1 Å². The SMILES string of the molecule is CC(=O)OC1=CC2=CC[C@@H]3[C@H](CC[C@@]4(C)[C@H]3C[C@]3(C)OC(OC(C)=O)C(=O)[C@]43OC(C)=O)[C@@]2(C)C=C1. The molecule has 3 fully saturated rings. The van der Waals surface area contributed by atoms with Crippen LogP contribution in [-0.4, -0.2) is 41.2 Å². The Labute approximate surface area is 211 Å². The molecule has 36 heavy (non-hydrogen) atoms. The number of fused-ring (bicyclic) bond motifs is 7. The molecule has 8 nitrogen and oxygen atoms in total. The molecule has 194 valence electrons. The van der Waals surface area contributed by atoms with E-state index in [1.807, 2.05) is 26.0 Å². The van der Waals surface area contributed by atoms with E-state index in [-0.39, 0.29) is 29.1 Å². The molecule has 0 aromatic rings. The van der Waals surface area contributed by atoms with Gasteiger partial charge in [0.2, 0.25) is 11.4 Å². The van der Waals surface area contributed by atoms with Crippen molar-refractivity contribution in [2.45, 2.75) is 84.7 Å². The molecule has 1 aliphatic heterocycles. The molecule has 8 atom stereocenters. The Bertz CT molecular complexity index is 1150. The number of Topliss-reactive ketones (excluding diaryl/α,β-unsaturated/α-hetero) is 1. The van der Waals surface area contributed by atoms with Crippen molar-refractivity contribution in [2.24, 2.45) is 28.6 Å². The molecular weight excluding hydrogens is 464 g/mol. The van der Waals surface area contributed by atoms with Crippen LogP contribution in [0.5, 0.6) is 0 Å². The number of carbonyl (C=O) groups excluding carboxylic acids is 4. The zero-order valence-corrected chi connectivity index (χ0v) is 21.7. The average molecular weight is 499 g/mol. The van der Waals surface area contributed by atoms with Crippen molar-refractivity contribution < 1.29 is 38.1 Å². The van der Waals surface area contributed by atoms with Gasteiger partial charge in [-0.25, -0.2) is 0 Å². The van der Waals surface area contributed by atoms with Crippen molar-refractivity contribution in [3.05, 3.63) is 35.6 Å². The molecule has 0 bridgehead atoms. The van der Waals surface area contributed by atoms with Gasteiger partial charge in [0.15, 0.2) is 0 Å². The van der Waals surface area contributed by atoms with Crippen molar-refractivity contribution in [1.82, 2.24) is 0 Å². The lowest BCUT2D eigenvalue weighted by molar-refractivity contribution is -0.205. The highest BCUT2D eigenvalue weighted by molar-refractivity contribution is 5.98. The molecule has 0 radical (unpaired) electrons.